The molecule has 1 N–H and O–H groups in total. The molecule has 1 heterocycles. The van der Waals surface area contributed by atoms with Crippen LogP contribution < -0.4 is 15.1 Å². The van der Waals surface area contributed by atoms with Gasteiger partial charge in [0.2, 0.25) is 0 Å². The van der Waals surface area contributed by atoms with E-state index in [-0.39, 0.29) is 18.3 Å². The van der Waals surface area contributed by atoms with Gasteiger partial charge in [-0.25, -0.2) is 4.79 Å². The summed E-state index contributed by atoms with van der Waals surface area (Å²) < 4.78 is 4.93. The number of benzene rings is 1. The van der Waals surface area contributed by atoms with Gasteiger partial charge in [-0.1, -0.05) is 52.5 Å². The third-order valence-electron chi connectivity index (χ3n) is 3.49. The Balaban J connectivity index is 1.86. The van der Waals surface area contributed by atoms with Gasteiger partial charge in [-0.3, -0.25) is 4.90 Å². The van der Waals surface area contributed by atoms with E-state index >= 15 is 0 Å². The van der Waals surface area contributed by atoms with Crippen LogP contribution in [0.3, 0.4) is 0 Å². The monoisotopic (exact) mass is 415 g/mol. The maximum atomic E-state index is 12.7. The summed E-state index contributed by atoms with van der Waals surface area (Å²) in [7, 11) is 0. The van der Waals surface area contributed by atoms with E-state index in [4.69, 9.17) is 51.1 Å². The van der Waals surface area contributed by atoms with Crippen LogP contribution in [0.15, 0.2) is 24.3 Å². The third-order valence-corrected chi connectivity index (χ3v) is 4.87. The third kappa shape index (κ3) is 4.24. The van der Waals surface area contributed by atoms with Gasteiger partial charge < -0.3 is 4.74 Å². The molecule has 126 valence electrons. The second-order valence-corrected chi connectivity index (χ2v) is 9.48. The molecule has 0 radical (unpaired) electrons. The first kappa shape index (κ1) is 17.6. The lowest BCUT2D eigenvalue weighted by molar-refractivity contribution is 0.236. The fourth-order valence-corrected chi connectivity index (χ4v) is 3.69. The quantitative estimate of drug-likeness (QED) is 0.557. The number of amides is 2. The molecule has 0 spiro atoms. The lowest BCUT2D eigenvalue weighted by Gasteiger charge is -2.22. The highest BCUT2D eigenvalue weighted by molar-refractivity contribution is 8.03. The van der Waals surface area contributed by atoms with Crippen LogP contribution in [0.25, 0.3) is 0 Å². The molecule has 3 rings (SSSR count). The van der Waals surface area contributed by atoms with Crippen molar-refractivity contribution in [3.05, 3.63) is 24.3 Å². The number of nitrogens with zero attached hydrogens (tertiary/aromatic N) is 2. The minimum absolute atomic E-state index is 0.0386. The zero-order chi connectivity index (χ0) is 16.6. The van der Waals surface area contributed by atoms with E-state index in [0.717, 1.165) is 24.8 Å². The smallest absolute Gasteiger partial charge is 0.350 e. The van der Waals surface area contributed by atoms with Crippen molar-refractivity contribution in [2.75, 3.05) is 11.0 Å². The van der Waals surface area contributed by atoms with E-state index in [1.54, 1.807) is 23.1 Å². The molecule has 10 heteroatoms. The maximum Gasteiger partial charge on any atom is 0.350 e. The first-order valence-electron chi connectivity index (χ1n) is 6.83. The van der Waals surface area contributed by atoms with Crippen LogP contribution in [-0.4, -0.2) is 25.8 Å². The van der Waals surface area contributed by atoms with Crippen molar-refractivity contribution in [3.63, 3.8) is 0 Å². The summed E-state index contributed by atoms with van der Waals surface area (Å²) in [5.74, 6) is 0.963. The topological polar surface area (TPSA) is 44.8 Å². The van der Waals surface area contributed by atoms with E-state index < -0.39 is 3.12 Å². The van der Waals surface area contributed by atoms with Crippen molar-refractivity contribution in [3.8, 4) is 5.75 Å². The fourth-order valence-electron chi connectivity index (χ4n) is 2.40. The predicted octanol–water partition coefficient (Wildman–Crippen LogP) is 4.72. The number of ether oxygens (including phenoxy) is 1. The van der Waals surface area contributed by atoms with E-state index in [9.17, 15) is 4.79 Å². The normalized spacial score (nSPS) is 21.9. The molecule has 1 atom stereocenters. The molecule has 0 bridgehead atoms. The highest BCUT2D eigenvalue weighted by atomic mass is 35.6. The molecule has 2 amide bonds. The molecule has 1 aromatic rings. The number of nitrogens with one attached hydrogen (secondary N) is 1. The van der Waals surface area contributed by atoms with Gasteiger partial charge in [0.1, 0.15) is 11.9 Å². The van der Waals surface area contributed by atoms with Crippen molar-refractivity contribution < 1.29 is 9.53 Å². The summed E-state index contributed by atoms with van der Waals surface area (Å²) in [5, 5.41) is 0. The molecule has 1 saturated carbocycles. The van der Waals surface area contributed by atoms with Crippen LogP contribution in [0, 0.1) is 5.92 Å². The number of alkyl halides is 4. The molecule has 23 heavy (non-hydrogen) atoms. The Morgan fingerprint density at radius 2 is 2.09 bits per heavy atom. The molecule has 1 aliphatic carbocycles. The van der Waals surface area contributed by atoms with Crippen LogP contribution >= 0.6 is 58.4 Å². The van der Waals surface area contributed by atoms with Gasteiger partial charge in [-0.05, 0) is 30.9 Å². The Morgan fingerprint density at radius 3 is 2.70 bits per heavy atom. The zero-order valence-electron chi connectivity index (χ0n) is 11.7. The van der Waals surface area contributed by atoms with Crippen LogP contribution in [0.4, 0.5) is 10.5 Å². The Morgan fingerprint density at radius 1 is 1.35 bits per heavy atom. The van der Waals surface area contributed by atoms with Crippen molar-refractivity contribution in [1.29, 1.82) is 0 Å². The summed E-state index contributed by atoms with van der Waals surface area (Å²) in [6, 6.07) is 6.93. The summed E-state index contributed by atoms with van der Waals surface area (Å²) in [4.78, 5) is 14.4. The first-order chi connectivity index (χ1) is 10.9. The fraction of sp³-hybridized carbons (Fsp3) is 0.462. The number of anilines is 1. The summed E-state index contributed by atoms with van der Waals surface area (Å²) in [6.07, 6.45) is 1.92. The Hall–Kier alpha value is -0.240. The van der Waals surface area contributed by atoms with Gasteiger partial charge in [0, 0.05) is 18.0 Å². The van der Waals surface area contributed by atoms with Crippen molar-refractivity contribution in [2.45, 2.75) is 22.1 Å². The maximum absolute atomic E-state index is 12.7. The summed E-state index contributed by atoms with van der Waals surface area (Å²) in [6.45, 7) is 0. The average Bonchev–Trinajstić information content (AvgIpc) is 3.25. The number of hydrazine groups is 1. The molecular weight excluding hydrogens is 404 g/mol. The molecule has 1 aromatic carbocycles. The van der Waals surface area contributed by atoms with Gasteiger partial charge in [-0.2, -0.15) is 9.84 Å². The lowest BCUT2D eigenvalue weighted by Crippen LogP contribution is -2.39. The zero-order valence-corrected chi connectivity index (χ0v) is 15.6. The molecule has 1 saturated heterocycles. The lowest BCUT2D eigenvalue weighted by atomic mass is 10.2. The Labute approximate surface area is 158 Å². The average molecular weight is 417 g/mol. The number of carbonyl (C=O) groups is 1. The Bertz CT molecular complexity index is 597. The highest BCUT2D eigenvalue weighted by Gasteiger charge is 2.48. The van der Waals surface area contributed by atoms with Gasteiger partial charge in [0.15, 0.2) is 6.07 Å². The number of hydrogen-bond acceptors (Lipinski definition) is 4. The molecule has 1 unspecified atom stereocenters. The number of halogens is 4. The molecule has 2 fully saturated rings. The van der Waals surface area contributed by atoms with E-state index in [2.05, 4.69) is 5.43 Å². The number of rotatable bonds is 5. The molecule has 5 nitrogen and oxygen atoms in total. The van der Waals surface area contributed by atoms with Gasteiger partial charge >= 0.3 is 6.03 Å². The van der Waals surface area contributed by atoms with Crippen molar-refractivity contribution in [2.24, 2.45) is 5.92 Å². The number of urea groups is 1. The Kier molecular flexibility index (Phi) is 5.30. The second-order valence-electron chi connectivity index (χ2n) is 5.15. The minimum Gasteiger partial charge on any atom is -0.478 e. The standard InChI is InChI=1S/C13H13Cl4N3O2S/c14-7-22-10-3-1-2-9(6-10)19-11(8-4-5-8)18-20(12(19)21)23-13(15,16)17/h1-3,6,8,11,18H,4-5,7H2. The van der Waals surface area contributed by atoms with Crippen molar-refractivity contribution >= 4 is 70.1 Å². The van der Waals surface area contributed by atoms with Gasteiger partial charge in [0.25, 0.3) is 3.12 Å². The van der Waals surface area contributed by atoms with E-state index in [1.807, 2.05) is 6.07 Å². The van der Waals surface area contributed by atoms with Crippen LogP contribution in [0.1, 0.15) is 12.8 Å². The predicted molar refractivity (Wildman–Crippen MR) is 95.0 cm³/mol. The number of carbonyl (C=O) groups excluding carboxylic acids is 1. The molecule has 1 aliphatic heterocycles. The van der Waals surface area contributed by atoms with Crippen LogP contribution in [0.5, 0.6) is 5.75 Å². The van der Waals surface area contributed by atoms with E-state index in [1.165, 1.54) is 4.41 Å². The van der Waals surface area contributed by atoms with Crippen LogP contribution in [0.2, 0.25) is 0 Å². The second kappa shape index (κ2) is 6.94. The SMILES string of the molecule is O=C1N(SC(Cl)(Cl)Cl)NC(C2CC2)N1c1cccc(OCCl)c1. The first-order valence-corrected chi connectivity index (χ1v) is 9.27. The van der Waals surface area contributed by atoms with Gasteiger partial charge in [0.05, 0.1) is 5.69 Å². The minimum atomic E-state index is -1.63. The van der Waals surface area contributed by atoms with Crippen LogP contribution in [-0.2, 0) is 0 Å². The number of hydrogen-bond donors (Lipinski definition) is 1. The van der Waals surface area contributed by atoms with E-state index in [0.29, 0.717) is 17.4 Å². The largest absolute Gasteiger partial charge is 0.478 e. The molecule has 0 aromatic heterocycles. The molecular formula is C13H13Cl4N3O2S. The molecule has 2 aliphatic rings. The summed E-state index contributed by atoms with van der Waals surface area (Å²) >= 11 is 23.8. The van der Waals surface area contributed by atoms with Gasteiger partial charge in [-0.15, -0.1) is 0 Å². The summed E-state index contributed by atoms with van der Waals surface area (Å²) in [5.41, 5.74) is 3.81. The van der Waals surface area contributed by atoms with Crippen molar-refractivity contribution in [1.82, 2.24) is 9.84 Å². The highest BCUT2D eigenvalue weighted by Crippen LogP contribution is 2.45.